The topological polar surface area (TPSA) is 70.5 Å². The van der Waals surface area contributed by atoms with Crippen molar-refractivity contribution < 1.29 is 14.0 Å². The molecule has 1 atom stereocenters. The van der Waals surface area contributed by atoms with Crippen molar-refractivity contribution in [1.82, 2.24) is 19.4 Å². The maximum Gasteiger partial charge on any atom is 0.257 e. The van der Waals surface area contributed by atoms with E-state index in [2.05, 4.69) is 15.2 Å². The molecule has 1 aromatic carbocycles. The second kappa shape index (κ2) is 9.77. The Morgan fingerprint density at radius 1 is 1.15 bits per heavy atom. The second-order valence-electron chi connectivity index (χ2n) is 9.03. The van der Waals surface area contributed by atoms with Gasteiger partial charge in [0.15, 0.2) is 0 Å². The van der Waals surface area contributed by atoms with Crippen molar-refractivity contribution in [2.24, 2.45) is 7.05 Å². The first kappa shape index (κ1) is 23.6. The normalized spacial score (nSPS) is 16.5. The van der Waals surface area contributed by atoms with Gasteiger partial charge in [-0.15, -0.1) is 0 Å². The zero-order chi connectivity index (χ0) is 24.4. The number of carbonyl (C=O) groups is 2. The van der Waals surface area contributed by atoms with Gasteiger partial charge < -0.3 is 14.8 Å². The molecule has 178 valence electrons. The van der Waals surface area contributed by atoms with E-state index in [1.165, 1.54) is 18.3 Å². The molecule has 1 aliphatic heterocycles. The summed E-state index contributed by atoms with van der Waals surface area (Å²) in [6, 6.07) is 8.19. The van der Waals surface area contributed by atoms with Crippen molar-refractivity contribution in [3.8, 4) is 0 Å². The Bertz CT molecular complexity index is 1200. The molecule has 1 N–H and O–H groups in total. The highest BCUT2D eigenvalue weighted by atomic mass is 19.1. The zero-order valence-corrected chi connectivity index (χ0v) is 20.0. The summed E-state index contributed by atoms with van der Waals surface area (Å²) >= 11 is 0. The SMILES string of the molecule is Cc1ccc(C(=O)Nc2cc(F)cc(CN3CCN(C(=O)c4ccn(C)c4)[C@@H](C)C3)c2C)cn1. The van der Waals surface area contributed by atoms with Crippen LogP contribution in [-0.4, -0.2) is 56.8 Å². The van der Waals surface area contributed by atoms with Gasteiger partial charge in [-0.1, -0.05) is 0 Å². The molecule has 4 rings (SSSR count). The highest BCUT2D eigenvalue weighted by Crippen LogP contribution is 2.25. The van der Waals surface area contributed by atoms with Crippen molar-refractivity contribution in [1.29, 1.82) is 0 Å². The van der Waals surface area contributed by atoms with Gasteiger partial charge in [-0.05, 0) is 62.2 Å². The van der Waals surface area contributed by atoms with Crippen molar-refractivity contribution >= 4 is 17.5 Å². The summed E-state index contributed by atoms with van der Waals surface area (Å²) < 4.78 is 16.3. The van der Waals surface area contributed by atoms with E-state index in [0.717, 1.165) is 16.8 Å². The molecule has 3 heterocycles. The molecule has 7 nitrogen and oxygen atoms in total. The molecule has 1 saturated heterocycles. The Morgan fingerprint density at radius 3 is 2.59 bits per heavy atom. The lowest BCUT2D eigenvalue weighted by atomic mass is 10.0. The lowest BCUT2D eigenvalue weighted by Gasteiger charge is -2.40. The van der Waals surface area contributed by atoms with Crippen LogP contribution in [0.1, 0.15) is 44.5 Å². The van der Waals surface area contributed by atoms with Gasteiger partial charge in [0, 0.05) is 69.2 Å². The quantitative estimate of drug-likeness (QED) is 0.625. The molecule has 8 heteroatoms. The first-order valence-corrected chi connectivity index (χ1v) is 11.4. The maximum absolute atomic E-state index is 14.5. The largest absolute Gasteiger partial charge is 0.356 e. The minimum atomic E-state index is -0.399. The summed E-state index contributed by atoms with van der Waals surface area (Å²) in [6.45, 7) is 8.29. The molecule has 0 spiro atoms. The van der Waals surface area contributed by atoms with Crippen molar-refractivity contribution in [3.63, 3.8) is 0 Å². The number of nitrogens with zero attached hydrogens (tertiary/aromatic N) is 4. The van der Waals surface area contributed by atoms with E-state index in [1.54, 1.807) is 12.1 Å². The highest BCUT2D eigenvalue weighted by Gasteiger charge is 2.29. The van der Waals surface area contributed by atoms with Crippen LogP contribution in [0.5, 0.6) is 0 Å². The van der Waals surface area contributed by atoms with E-state index in [1.807, 2.05) is 55.7 Å². The van der Waals surface area contributed by atoms with E-state index in [9.17, 15) is 14.0 Å². The predicted octanol–water partition coefficient (Wildman–Crippen LogP) is 3.77. The van der Waals surface area contributed by atoms with Crippen LogP contribution in [0.25, 0.3) is 0 Å². The van der Waals surface area contributed by atoms with Gasteiger partial charge in [-0.25, -0.2) is 4.39 Å². The fourth-order valence-electron chi connectivity index (χ4n) is 4.34. The molecule has 0 bridgehead atoms. The molecule has 0 saturated carbocycles. The summed E-state index contributed by atoms with van der Waals surface area (Å²) in [5.41, 5.74) is 4.02. The van der Waals surface area contributed by atoms with E-state index < -0.39 is 5.82 Å². The lowest BCUT2D eigenvalue weighted by Crippen LogP contribution is -2.53. The number of aryl methyl sites for hydroxylation is 2. The van der Waals surface area contributed by atoms with Gasteiger partial charge in [0.25, 0.3) is 11.8 Å². The maximum atomic E-state index is 14.5. The minimum absolute atomic E-state index is 0.0310. The van der Waals surface area contributed by atoms with Crippen LogP contribution in [0.15, 0.2) is 48.9 Å². The molecule has 1 fully saturated rings. The van der Waals surface area contributed by atoms with Crippen molar-refractivity contribution in [3.05, 3.63) is 82.7 Å². The molecule has 3 aromatic rings. The number of benzene rings is 1. The number of piperazine rings is 1. The predicted molar refractivity (Wildman–Crippen MR) is 129 cm³/mol. The Balaban J connectivity index is 1.44. The molecule has 0 radical (unpaired) electrons. The Hall–Kier alpha value is -3.52. The fraction of sp³-hybridized carbons (Fsp3) is 0.346. The number of aromatic nitrogens is 2. The van der Waals surface area contributed by atoms with E-state index in [0.29, 0.717) is 43.0 Å². The van der Waals surface area contributed by atoms with Gasteiger partial charge in [0.05, 0.1) is 11.1 Å². The fourth-order valence-corrected chi connectivity index (χ4v) is 4.34. The highest BCUT2D eigenvalue weighted by molar-refractivity contribution is 6.04. The molecule has 0 aliphatic carbocycles. The summed E-state index contributed by atoms with van der Waals surface area (Å²) in [4.78, 5) is 33.8. The van der Waals surface area contributed by atoms with Crippen LogP contribution in [0.3, 0.4) is 0 Å². The Kier molecular flexibility index (Phi) is 6.79. The molecular formula is C26H30FN5O2. The molecule has 2 aromatic heterocycles. The number of rotatable bonds is 5. The Morgan fingerprint density at radius 2 is 1.94 bits per heavy atom. The van der Waals surface area contributed by atoms with E-state index in [-0.39, 0.29) is 17.9 Å². The number of carbonyl (C=O) groups excluding carboxylic acids is 2. The molecule has 1 aliphatic rings. The molecular weight excluding hydrogens is 433 g/mol. The zero-order valence-electron chi connectivity index (χ0n) is 20.0. The molecule has 2 amide bonds. The third-order valence-electron chi connectivity index (χ3n) is 6.35. The lowest BCUT2D eigenvalue weighted by molar-refractivity contribution is 0.0475. The first-order valence-electron chi connectivity index (χ1n) is 11.4. The minimum Gasteiger partial charge on any atom is -0.356 e. The summed E-state index contributed by atoms with van der Waals surface area (Å²) in [5.74, 6) is -0.692. The summed E-state index contributed by atoms with van der Waals surface area (Å²) in [6.07, 6.45) is 5.21. The number of pyridine rings is 1. The summed E-state index contributed by atoms with van der Waals surface area (Å²) in [7, 11) is 1.90. The van der Waals surface area contributed by atoms with Gasteiger partial charge >= 0.3 is 0 Å². The van der Waals surface area contributed by atoms with E-state index >= 15 is 0 Å². The van der Waals surface area contributed by atoms with Crippen molar-refractivity contribution in [2.75, 3.05) is 25.0 Å². The van der Waals surface area contributed by atoms with Gasteiger partial charge in [-0.3, -0.25) is 19.5 Å². The first-order chi connectivity index (χ1) is 16.2. The van der Waals surface area contributed by atoms with Gasteiger partial charge in [0.2, 0.25) is 0 Å². The number of amides is 2. The van der Waals surface area contributed by atoms with Crippen molar-refractivity contribution in [2.45, 2.75) is 33.4 Å². The number of nitrogens with one attached hydrogen (secondary N) is 1. The Labute approximate surface area is 199 Å². The van der Waals surface area contributed by atoms with Crippen LogP contribution >= 0.6 is 0 Å². The van der Waals surface area contributed by atoms with Crippen LogP contribution in [0.4, 0.5) is 10.1 Å². The van der Waals surface area contributed by atoms with Gasteiger partial charge in [-0.2, -0.15) is 0 Å². The third-order valence-corrected chi connectivity index (χ3v) is 6.35. The number of hydrogen-bond acceptors (Lipinski definition) is 4. The monoisotopic (exact) mass is 463 g/mol. The second-order valence-corrected chi connectivity index (χ2v) is 9.03. The number of anilines is 1. The smallest absolute Gasteiger partial charge is 0.257 e. The average Bonchev–Trinajstić information content (AvgIpc) is 3.23. The van der Waals surface area contributed by atoms with E-state index in [4.69, 9.17) is 0 Å². The summed E-state index contributed by atoms with van der Waals surface area (Å²) in [5, 5.41) is 2.82. The molecule has 0 unspecified atom stereocenters. The van der Waals surface area contributed by atoms with Crippen LogP contribution < -0.4 is 5.32 Å². The third kappa shape index (κ3) is 5.17. The van der Waals surface area contributed by atoms with Crippen LogP contribution in [0.2, 0.25) is 0 Å². The number of hydrogen-bond donors (Lipinski definition) is 1. The molecule has 34 heavy (non-hydrogen) atoms. The van der Waals surface area contributed by atoms with Crippen LogP contribution in [0, 0.1) is 19.7 Å². The standard InChI is InChI=1S/C26H30FN5O2/c1-17-5-6-20(13-28-17)25(33)29-24-12-23(27)11-22(19(24)3)16-31-9-10-32(18(2)14-31)26(34)21-7-8-30(4)15-21/h5-8,11-13,15,18H,9-10,14,16H2,1-4H3,(H,29,33)/t18-/m0/s1. The number of halogens is 1. The average molecular weight is 464 g/mol. The van der Waals surface area contributed by atoms with Gasteiger partial charge in [0.1, 0.15) is 5.82 Å². The van der Waals surface area contributed by atoms with Crippen LogP contribution in [-0.2, 0) is 13.6 Å².